The summed E-state index contributed by atoms with van der Waals surface area (Å²) < 4.78 is 19.4. The Morgan fingerprint density at radius 3 is 2.59 bits per heavy atom. The topological polar surface area (TPSA) is 21.3 Å². The highest BCUT2D eigenvalue weighted by Gasteiger charge is 2.31. The first-order valence-electron chi connectivity index (χ1n) is 5.97. The van der Waals surface area contributed by atoms with Gasteiger partial charge in [0.25, 0.3) is 0 Å². The van der Waals surface area contributed by atoms with E-state index in [2.05, 4.69) is 5.32 Å². The van der Waals surface area contributed by atoms with Crippen molar-refractivity contribution in [3.63, 3.8) is 0 Å². The first-order chi connectivity index (χ1) is 7.92. The van der Waals surface area contributed by atoms with Crippen LogP contribution in [0.3, 0.4) is 0 Å². The van der Waals surface area contributed by atoms with Crippen LogP contribution in [0.25, 0.3) is 0 Å². The molecular formula is C14H22FNO. The SMILES string of the molecule is CCNC(c1cc(C)ccc1F)C(C)(C)OC. The maximum absolute atomic E-state index is 13.9. The van der Waals surface area contributed by atoms with Crippen LogP contribution in [0.4, 0.5) is 4.39 Å². The number of hydrogen-bond acceptors (Lipinski definition) is 2. The van der Waals surface area contributed by atoms with Crippen molar-refractivity contribution in [2.45, 2.75) is 39.3 Å². The Kier molecular flexibility index (Phi) is 4.66. The van der Waals surface area contributed by atoms with Gasteiger partial charge in [0, 0.05) is 12.7 Å². The molecule has 3 heteroatoms. The summed E-state index contributed by atoms with van der Waals surface area (Å²) in [5, 5.41) is 3.29. The molecular weight excluding hydrogens is 217 g/mol. The van der Waals surface area contributed by atoms with Crippen molar-refractivity contribution in [2.75, 3.05) is 13.7 Å². The van der Waals surface area contributed by atoms with Crippen molar-refractivity contribution in [1.29, 1.82) is 0 Å². The second-order valence-corrected chi connectivity index (χ2v) is 4.82. The van der Waals surface area contributed by atoms with Crippen LogP contribution in [-0.2, 0) is 4.74 Å². The van der Waals surface area contributed by atoms with Crippen LogP contribution < -0.4 is 5.32 Å². The van der Waals surface area contributed by atoms with E-state index in [1.807, 2.05) is 33.8 Å². The molecule has 1 aromatic rings. The minimum Gasteiger partial charge on any atom is -0.377 e. The van der Waals surface area contributed by atoms with Gasteiger partial charge in [-0.15, -0.1) is 0 Å². The lowest BCUT2D eigenvalue weighted by molar-refractivity contribution is -0.0116. The van der Waals surface area contributed by atoms with Crippen LogP contribution in [-0.4, -0.2) is 19.3 Å². The van der Waals surface area contributed by atoms with Crippen molar-refractivity contribution in [3.05, 3.63) is 35.1 Å². The van der Waals surface area contributed by atoms with E-state index in [1.165, 1.54) is 6.07 Å². The molecule has 0 bridgehead atoms. The lowest BCUT2D eigenvalue weighted by Gasteiger charge is -2.34. The Bertz CT molecular complexity index is 376. The number of rotatable bonds is 5. The maximum Gasteiger partial charge on any atom is 0.128 e. The van der Waals surface area contributed by atoms with Gasteiger partial charge in [0.2, 0.25) is 0 Å². The minimum absolute atomic E-state index is 0.155. The van der Waals surface area contributed by atoms with Gasteiger partial charge in [0.15, 0.2) is 0 Å². The average Bonchev–Trinajstić information content (AvgIpc) is 2.29. The fourth-order valence-electron chi connectivity index (χ4n) is 1.94. The monoisotopic (exact) mass is 239 g/mol. The maximum atomic E-state index is 13.9. The summed E-state index contributed by atoms with van der Waals surface area (Å²) in [5.41, 5.74) is 1.26. The van der Waals surface area contributed by atoms with E-state index in [-0.39, 0.29) is 11.9 Å². The van der Waals surface area contributed by atoms with Crippen LogP contribution in [0, 0.1) is 12.7 Å². The van der Waals surface area contributed by atoms with Crippen molar-refractivity contribution in [2.24, 2.45) is 0 Å². The van der Waals surface area contributed by atoms with E-state index >= 15 is 0 Å². The van der Waals surface area contributed by atoms with Gasteiger partial charge in [-0.2, -0.15) is 0 Å². The Labute approximate surface area is 103 Å². The van der Waals surface area contributed by atoms with Crippen LogP contribution in [0.5, 0.6) is 0 Å². The van der Waals surface area contributed by atoms with Crippen LogP contribution >= 0.6 is 0 Å². The summed E-state index contributed by atoms with van der Waals surface area (Å²) in [5.74, 6) is -0.188. The largest absolute Gasteiger partial charge is 0.377 e. The van der Waals surface area contributed by atoms with Gasteiger partial charge in [0.05, 0.1) is 11.6 Å². The van der Waals surface area contributed by atoms with Crippen LogP contribution in [0.15, 0.2) is 18.2 Å². The molecule has 1 rings (SSSR count). The van der Waals surface area contributed by atoms with Gasteiger partial charge in [-0.05, 0) is 33.4 Å². The number of methoxy groups -OCH3 is 1. The number of benzene rings is 1. The van der Waals surface area contributed by atoms with Crippen LogP contribution in [0.2, 0.25) is 0 Å². The molecule has 1 aromatic carbocycles. The highest BCUT2D eigenvalue weighted by molar-refractivity contribution is 5.28. The summed E-state index contributed by atoms with van der Waals surface area (Å²) in [6, 6.07) is 5.02. The zero-order valence-electron chi connectivity index (χ0n) is 11.3. The van der Waals surface area contributed by atoms with Gasteiger partial charge in [0.1, 0.15) is 5.82 Å². The lowest BCUT2D eigenvalue weighted by atomic mass is 9.90. The zero-order valence-corrected chi connectivity index (χ0v) is 11.3. The molecule has 96 valence electrons. The van der Waals surface area contributed by atoms with Gasteiger partial charge in [-0.3, -0.25) is 0 Å². The number of ether oxygens (including phenoxy) is 1. The molecule has 0 spiro atoms. The standard InChI is InChI=1S/C14H22FNO/c1-6-16-13(14(3,4)17-5)11-9-10(2)7-8-12(11)15/h7-9,13,16H,6H2,1-5H3. The van der Waals surface area contributed by atoms with Gasteiger partial charge in [-0.25, -0.2) is 4.39 Å². The highest BCUT2D eigenvalue weighted by Crippen LogP contribution is 2.30. The molecule has 0 aliphatic heterocycles. The van der Waals surface area contributed by atoms with E-state index in [0.29, 0.717) is 5.56 Å². The van der Waals surface area contributed by atoms with Gasteiger partial charge < -0.3 is 10.1 Å². The molecule has 1 unspecified atom stereocenters. The predicted octanol–water partition coefficient (Wildman–Crippen LogP) is 3.21. The fraction of sp³-hybridized carbons (Fsp3) is 0.571. The van der Waals surface area contributed by atoms with Crippen molar-refractivity contribution >= 4 is 0 Å². The first-order valence-corrected chi connectivity index (χ1v) is 5.97. The summed E-state index contributed by atoms with van der Waals surface area (Å²) in [6.45, 7) is 8.66. The molecule has 0 fully saturated rings. The molecule has 0 saturated carbocycles. The van der Waals surface area contributed by atoms with E-state index < -0.39 is 5.60 Å². The van der Waals surface area contributed by atoms with Gasteiger partial charge in [-0.1, -0.05) is 24.6 Å². The smallest absolute Gasteiger partial charge is 0.128 e. The third kappa shape index (κ3) is 3.27. The Morgan fingerprint density at radius 2 is 2.06 bits per heavy atom. The molecule has 1 N–H and O–H groups in total. The molecule has 0 heterocycles. The molecule has 2 nitrogen and oxygen atoms in total. The van der Waals surface area contributed by atoms with Crippen molar-refractivity contribution in [3.8, 4) is 0 Å². The third-order valence-electron chi connectivity index (χ3n) is 3.09. The average molecular weight is 239 g/mol. The third-order valence-corrected chi connectivity index (χ3v) is 3.09. The molecule has 1 atom stereocenters. The number of hydrogen-bond donors (Lipinski definition) is 1. The second kappa shape index (κ2) is 5.61. The van der Waals surface area contributed by atoms with E-state index in [0.717, 1.165) is 12.1 Å². The molecule has 17 heavy (non-hydrogen) atoms. The molecule has 0 saturated heterocycles. The number of halogens is 1. The van der Waals surface area contributed by atoms with Gasteiger partial charge >= 0.3 is 0 Å². The Balaban J connectivity index is 3.17. The van der Waals surface area contributed by atoms with Crippen molar-refractivity contribution in [1.82, 2.24) is 5.32 Å². The summed E-state index contributed by atoms with van der Waals surface area (Å²) in [4.78, 5) is 0. The highest BCUT2D eigenvalue weighted by atomic mass is 19.1. The molecule has 0 radical (unpaired) electrons. The predicted molar refractivity (Wildman–Crippen MR) is 68.6 cm³/mol. The summed E-state index contributed by atoms with van der Waals surface area (Å²) in [7, 11) is 1.65. The quantitative estimate of drug-likeness (QED) is 0.852. The first kappa shape index (κ1) is 14.1. The lowest BCUT2D eigenvalue weighted by Crippen LogP contribution is -2.41. The van der Waals surface area contributed by atoms with Crippen molar-refractivity contribution < 1.29 is 9.13 Å². The number of aryl methyl sites for hydroxylation is 1. The Morgan fingerprint density at radius 1 is 1.41 bits per heavy atom. The second-order valence-electron chi connectivity index (χ2n) is 4.82. The fourth-order valence-corrected chi connectivity index (χ4v) is 1.94. The van der Waals surface area contributed by atoms with Crippen LogP contribution in [0.1, 0.15) is 37.9 Å². The summed E-state index contributed by atoms with van der Waals surface area (Å²) in [6.07, 6.45) is 0. The van der Waals surface area contributed by atoms with E-state index in [4.69, 9.17) is 4.74 Å². The van der Waals surface area contributed by atoms with E-state index in [9.17, 15) is 4.39 Å². The molecule has 0 aromatic heterocycles. The molecule has 0 amide bonds. The molecule has 0 aliphatic carbocycles. The summed E-state index contributed by atoms with van der Waals surface area (Å²) >= 11 is 0. The zero-order chi connectivity index (χ0) is 13.1. The Hall–Kier alpha value is -0.930. The van der Waals surface area contributed by atoms with E-state index in [1.54, 1.807) is 13.2 Å². The minimum atomic E-state index is -0.454. The normalized spacial score (nSPS) is 13.8. The number of likely N-dealkylation sites (N-methyl/N-ethyl adjacent to an activating group) is 1. The molecule has 0 aliphatic rings. The number of nitrogens with one attached hydrogen (secondary N) is 1.